The summed E-state index contributed by atoms with van der Waals surface area (Å²) in [6, 6.07) is 2.83. The lowest BCUT2D eigenvalue weighted by atomic mass is 10.2. The van der Waals surface area contributed by atoms with Crippen LogP contribution in [0.15, 0.2) is 18.2 Å². The molecule has 0 saturated heterocycles. The van der Waals surface area contributed by atoms with E-state index in [2.05, 4.69) is 4.98 Å². The van der Waals surface area contributed by atoms with Gasteiger partial charge < -0.3 is 14.6 Å². The average Bonchev–Trinajstić information content (AvgIpc) is 2.36. The first-order chi connectivity index (χ1) is 8.58. The molecular formula is C12H13NO5. The summed E-state index contributed by atoms with van der Waals surface area (Å²) >= 11 is 0. The summed E-state index contributed by atoms with van der Waals surface area (Å²) in [6.45, 7) is 1.99. The van der Waals surface area contributed by atoms with Gasteiger partial charge in [0, 0.05) is 6.08 Å². The molecular weight excluding hydrogens is 238 g/mol. The van der Waals surface area contributed by atoms with Crippen LogP contribution >= 0.6 is 0 Å². The van der Waals surface area contributed by atoms with Crippen LogP contribution in [0.1, 0.15) is 23.0 Å². The van der Waals surface area contributed by atoms with Gasteiger partial charge in [-0.1, -0.05) is 0 Å². The number of carbonyl (C=O) groups is 2. The van der Waals surface area contributed by atoms with E-state index in [4.69, 9.17) is 14.6 Å². The predicted octanol–water partition coefficient (Wildman–Crippen LogP) is 1.36. The maximum absolute atomic E-state index is 11.1. The second-order valence-electron chi connectivity index (χ2n) is 3.18. The van der Waals surface area contributed by atoms with Crippen molar-refractivity contribution in [2.75, 3.05) is 13.7 Å². The molecule has 1 heterocycles. The van der Waals surface area contributed by atoms with Crippen LogP contribution in [0.5, 0.6) is 5.88 Å². The number of aromatic nitrogens is 1. The summed E-state index contributed by atoms with van der Waals surface area (Å²) in [5, 5.41) is 8.86. The zero-order valence-corrected chi connectivity index (χ0v) is 10.0. The summed E-state index contributed by atoms with van der Waals surface area (Å²) in [7, 11) is 1.33. The molecule has 0 spiro atoms. The Balaban J connectivity index is 2.92. The molecule has 6 nitrogen and oxygen atoms in total. The number of carboxylic acids is 1. The summed E-state index contributed by atoms with van der Waals surface area (Å²) in [5.74, 6) is -1.62. The summed E-state index contributed by atoms with van der Waals surface area (Å²) < 4.78 is 9.56. The van der Waals surface area contributed by atoms with Crippen LogP contribution in [0.4, 0.5) is 0 Å². The second kappa shape index (κ2) is 6.39. The van der Waals surface area contributed by atoms with Crippen LogP contribution in [0.2, 0.25) is 0 Å². The SMILES string of the molecule is CCOC(=O)C=Cc1ccc(C(=O)O)c(OC)n1. The van der Waals surface area contributed by atoms with Gasteiger partial charge in [-0.05, 0) is 25.1 Å². The molecule has 1 N–H and O–H groups in total. The van der Waals surface area contributed by atoms with Gasteiger partial charge in [0.25, 0.3) is 0 Å². The molecule has 0 aliphatic heterocycles. The lowest BCUT2D eigenvalue weighted by Crippen LogP contribution is -2.03. The van der Waals surface area contributed by atoms with Crippen LogP contribution < -0.4 is 4.74 Å². The van der Waals surface area contributed by atoms with E-state index in [1.807, 2.05) is 0 Å². The average molecular weight is 251 g/mol. The molecule has 96 valence electrons. The Labute approximate surface area is 104 Å². The van der Waals surface area contributed by atoms with Crippen molar-refractivity contribution in [3.05, 3.63) is 29.5 Å². The van der Waals surface area contributed by atoms with Crippen molar-refractivity contribution in [2.45, 2.75) is 6.92 Å². The van der Waals surface area contributed by atoms with Crippen molar-refractivity contribution < 1.29 is 24.2 Å². The fourth-order valence-electron chi connectivity index (χ4n) is 1.21. The summed E-state index contributed by atoms with van der Waals surface area (Å²) in [4.78, 5) is 25.9. The van der Waals surface area contributed by atoms with Crippen LogP contribution in [0, 0.1) is 0 Å². The van der Waals surface area contributed by atoms with Crippen molar-refractivity contribution in [1.82, 2.24) is 4.98 Å². The third-order valence-corrected chi connectivity index (χ3v) is 1.98. The molecule has 0 bridgehead atoms. The van der Waals surface area contributed by atoms with Gasteiger partial charge in [0.2, 0.25) is 5.88 Å². The summed E-state index contributed by atoms with van der Waals surface area (Å²) in [6.07, 6.45) is 2.64. The van der Waals surface area contributed by atoms with Gasteiger partial charge in [0.15, 0.2) is 0 Å². The number of hydrogen-bond acceptors (Lipinski definition) is 5. The van der Waals surface area contributed by atoms with E-state index < -0.39 is 11.9 Å². The molecule has 0 aliphatic carbocycles. The standard InChI is InChI=1S/C12H13NO5/c1-3-18-10(14)7-5-8-4-6-9(12(15)16)11(13-8)17-2/h4-7H,3H2,1-2H3,(H,15,16). The predicted molar refractivity (Wildman–Crippen MR) is 63.4 cm³/mol. The fraction of sp³-hybridized carbons (Fsp3) is 0.250. The molecule has 0 aliphatic rings. The van der Waals surface area contributed by atoms with E-state index in [9.17, 15) is 9.59 Å². The Morgan fingerprint density at radius 1 is 1.44 bits per heavy atom. The lowest BCUT2D eigenvalue weighted by Gasteiger charge is -2.04. The molecule has 0 amide bonds. The summed E-state index contributed by atoms with van der Waals surface area (Å²) in [5.41, 5.74) is 0.371. The highest BCUT2D eigenvalue weighted by Crippen LogP contribution is 2.16. The maximum Gasteiger partial charge on any atom is 0.341 e. The molecule has 6 heteroatoms. The normalized spacial score (nSPS) is 10.3. The molecule has 1 rings (SSSR count). The first-order valence-electron chi connectivity index (χ1n) is 5.21. The molecule has 0 unspecified atom stereocenters. The Kier molecular flexibility index (Phi) is 4.86. The number of nitrogens with zero attached hydrogens (tertiary/aromatic N) is 1. The minimum atomic E-state index is -1.12. The number of hydrogen-bond donors (Lipinski definition) is 1. The maximum atomic E-state index is 11.1. The quantitative estimate of drug-likeness (QED) is 0.628. The molecule has 0 atom stereocenters. The van der Waals surface area contributed by atoms with Crippen LogP contribution in [-0.2, 0) is 9.53 Å². The monoisotopic (exact) mass is 251 g/mol. The number of esters is 1. The smallest absolute Gasteiger partial charge is 0.341 e. The lowest BCUT2D eigenvalue weighted by molar-refractivity contribution is -0.137. The third-order valence-electron chi connectivity index (χ3n) is 1.98. The Hall–Kier alpha value is -2.37. The first-order valence-corrected chi connectivity index (χ1v) is 5.21. The Morgan fingerprint density at radius 3 is 2.72 bits per heavy atom. The molecule has 0 aromatic carbocycles. The first kappa shape index (κ1) is 13.7. The largest absolute Gasteiger partial charge is 0.480 e. The second-order valence-corrected chi connectivity index (χ2v) is 3.18. The van der Waals surface area contributed by atoms with Crippen molar-refractivity contribution in [3.63, 3.8) is 0 Å². The number of rotatable bonds is 5. The van der Waals surface area contributed by atoms with Crippen molar-refractivity contribution >= 4 is 18.0 Å². The van der Waals surface area contributed by atoms with Crippen molar-refractivity contribution in [2.24, 2.45) is 0 Å². The molecule has 0 saturated carbocycles. The van der Waals surface area contributed by atoms with E-state index in [1.165, 1.54) is 31.4 Å². The molecule has 0 fully saturated rings. The van der Waals surface area contributed by atoms with E-state index in [0.29, 0.717) is 5.69 Å². The molecule has 1 aromatic rings. The van der Waals surface area contributed by atoms with Gasteiger partial charge >= 0.3 is 11.9 Å². The van der Waals surface area contributed by atoms with Gasteiger partial charge in [-0.25, -0.2) is 14.6 Å². The molecule has 1 aromatic heterocycles. The Bertz CT molecular complexity index is 481. The van der Waals surface area contributed by atoms with Gasteiger partial charge in [-0.3, -0.25) is 0 Å². The van der Waals surface area contributed by atoms with Crippen LogP contribution in [0.3, 0.4) is 0 Å². The zero-order chi connectivity index (χ0) is 13.5. The minimum Gasteiger partial charge on any atom is -0.480 e. The third kappa shape index (κ3) is 3.58. The van der Waals surface area contributed by atoms with E-state index in [1.54, 1.807) is 6.92 Å². The number of aromatic carboxylic acids is 1. The van der Waals surface area contributed by atoms with Gasteiger partial charge in [-0.2, -0.15) is 0 Å². The number of methoxy groups -OCH3 is 1. The highest BCUT2D eigenvalue weighted by atomic mass is 16.5. The number of pyridine rings is 1. The van der Waals surface area contributed by atoms with Crippen molar-refractivity contribution in [3.8, 4) is 5.88 Å². The highest BCUT2D eigenvalue weighted by molar-refractivity contribution is 5.91. The fourth-order valence-corrected chi connectivity index (χ4v) is 1.21. The number of ether oxygens (including phenoxy) is 2. The zero-order valence-electron chi connectivity index (χ0n) is 10.0. The topological polar surface area (TPSA) is 85.7 Å². The van der Waals surface area contributed by atoms with Crippen molar-refractivity contribution in [1.29, 1.82) is 0 Å². The van der Waals surface area contributed by atoms with Crippen LogP contribution in [0.25, 0.3) is 6.08 Å². The van der Waals surface area contributed by atoms with E-state index in [-0.39, 0.29) is 18.1 Å². The number of carboxylic acid groups (broad SMARTS) is 1. The highest BCUT2D eigenvalue weighted by Gasteiger charge is 2.12. The van der Waals surface area contributed by atoms with Gasteiger partial charge in [-0.15, -0.1) is 0 Å². The minimum absolute atomic E-state index is 0.00601. The molecule has 18 heavy (non-hydrogen) atoms. The number of carbonyl (C=O) groups excluding carboxylic acids is 1. The van der Waals surface area contributed by atoms with E-state index in [0.717, 1.165) is 0 Å². The van der Waals surface area contributed by atoms with Crippen LogP contribution in [-0.4, -0.2) is 35.7 Å². The van der Waals surface area contributed by atoms with Gasteiger partial charge in [0.05, 0.1) is 19.4 Å². The Morgan fingerprint density at radius 2 is 2.17 bits per heavy atom. The van der Waals surface area contributed by atoms with Gasteiger partial charge in [0.1, 0.15) is 5.56 Å². The van der Waals surface area contributed by atoms with E-state index >= 15 is 0 Å². The molecule has 0 radical (unpaired) electrons.